The minimum absolute atomic E-state index is 0.0489. The number of amides is 1. The molecule has 0 aliphatic rings. The fourth-order valence-corrected chi connectivity index (χ4v) is 3.12. The molecule has 0 spiro atoms. The van der Waals surface area contributed by atoms with Gasteiger partial charge in [0, 0.05) is 29.2 Å². The molecular formula is C22H21N3O6. The summed E-state index contributed by atoms with van der Waals surface area (Å²) in [6.45, 7) is 3.38. The predicted octanol–water partition coefficient (Wildman–Crippen LogP) is 3.81. The maximum atomic E-state index is 12.3. The lowest BCUT2D eigenvalue weighted by Crippen LogP contribution is -2.21. The number of ether oxygens (including phenoxy) is 2. The van der Waals surface area contributed by atoms with Crippen LogP contribution in [0.15, 0.2) is 54.6 Å². The third kappa shape index (κ3) is 4.89. The summed E-state index contributed by atoms with van der Waals surface area (Å²) in [4.78, 5) is 34.9. The topological polar surface area (TPSA) is 113 Å². The van der Waals surface area contributed by atoms with E-state index < -0.39 is 23.4 Å². The van der Waals surface area contributed by atoms with Crippen LogP contribution in [0, 0.1) is 24.0 Å². The Balaban J connectivity index is 1.63. The number of carbonyl (C=O) groups excluding carboxylic acids is 2. The van der Waals surface area contributed by atoms with Crippen molar-refractivity contribution in [3.63, 3.8) is 0 Å². The maximum absolute atomic E-state index is 12.3. The van der Waals surface area contributed by atoms with Gasteiger partial charge in [0.2, 0.25) is 0 Å². The Hall–Kier alpha value is -4.14. The average molecular weight is 423 g/mol. The Morgan fingerprint density at radius 3 is 2.26 bits per heavy atom. The molecule has 0 saturated carbocycles. The Labute approximate surface area is 178 Å². The van der Waals surface area contributed by atoms with Crippen LogP contribution >= 0.6 is 0 Å². The molecule has 2 aromatic carbocycles. The smallest absolute Gasteiger partial charge is 0.338 e. The van der Waals surface area contributed by atoms with E-state index in [0.717, 1.165) is 17.1 Å². The SMILES string of the molecule is COc1ccc([N+](=O)[O-])c(NC(=O)COC(=O)c2ccc(-n3c(C)ccc3C)cc2)c1. The first-order chi connectivity index (χ1) is 14.8. The fourth-order valence-electron chi connectivity index (χ4n) is 3.12. The van der Waals surface area contributed by atoms with Crippen LogP contribution in [-0.4, -0.2) is 35.1 Å². The maximum Gasteiger partial charge on any atom is 0.338 e. The van der Waals surface area contributed by atoms with Crippen LogP contribution in [0.3, 0.4) is 0 Å². The number of aryl methyl sites for hydroxylation is 2. The molecule has 1 amide bonds. The first-order valence-corrected chi connectivity index (χ1v) is 9.35. The molecule has 0 bridgehead atoms. The predicted molar refractivity (Wildman–Crippen MR) is 114 cm³/mol. The summed E-state index contributed by atoms with van der Waals surface area (Å²) in [7, 11) is 1.40. The van der Waals surface area contributed by atoms with Gasteiger partial charge in [-0.15, -0.1) is 0 Å². The van der Waals surface area contributed by atoms with Crippen molar-refractivity contribution < 1.29 is 24.0 Å². The number of aromatic nitrogens is 1. The minimum atomic E-state index is -0.708. The summed E-state index contributed by atoms with van der Waals surface area (Å²) in [6, 6.07) is 14.8. The van der Waals surface area contributed by atoms with E-state index in [1.807, 2.05) is 30.5 Å². The highest BCUT2D eigenvalue weighted by atomic mass is 16.6. The van der Waals surface area contributed by atoms with Crippen molar-refractivity contribution in [2.45, 2.75) is 13.8 Å². The molecule has 0 fully saturated rings. The number of benzene rings is 2. The highest BCUT2D eigenvalue weighted by Gasteiger charge is 2.18. The van der Waals surface area contributed by atoms with Crippen LogP contribution < -0.4 is 10.1 Å². The number of anilines is 1. The van der Waals surface area contributed by atoms with E-state index in [0.29, 0.717) is 5.75 Å². The van der Waals surface area contributed by atoms with Gasteiger partial charge in [-0.1, -0.05) is 0 Å². The van der Waals surface area contributed by atoms with Crippen LogP contribution in [0.4, 0.5) is 11.4 Å². The number of nitro groups is 1. The first-order valence-electron chi connectivity index (χ1n) is 9.35. The van der Waals surface area contributed by atoms with Gasteiger partial charge in [0.05, 0.1) is 17.6 Å². The van der Waals surface area contributed by atoms with Gasteiger partial charge in [-0.2, -0.15) is 0 Å². The number of hydrogen-bond acceptors (Lipinski definition) is 6. The minimum Gasteiger partial charge on any atom is -0.497 e. The van der Waals surface area contributed by atoms with E-state index >= 15 is 0 Å². The zero-order valence-corrected chi connectivity index (χ0v) is 17.2. The summed E-state index contributed by atoms with van der Waals surface area (Å²) in [5.41, 5.74) is 2.97. The van der Waals surface area contributed by atoms with E-state index in [4.69, 9.17) is 9.47 Å². The summed E-state index contributed by atoms with van der Waals surface area (Å²) in [5, 5.41) is 13.5. The van der Waals surface area contributed by atoms with E-state index in [1.165, 1.54) is 25.3 Å². The van der Waals surface area contributed by atoms with Gasteiger partial charge >= 0.3 is 5.97 Å². The molecule has 3 aromatic rings. The standard InChI is InChI=1S/C22H21N3O6/c1-14-4-5-15(2)24(14)17-8-6-16(7-9-17)22(27)31-13-21(26)23-19-12-18(30-3)10-11-20(19)25(28)29/h4-12H,13H2,1-3H3,(H,23,26). The van der Waals surface area contributed by atoms with Gasteiger partial charge < -0.3 is 19.4 Å². The molecule has 0 aliphatic carbocycles. The Morgan fingerprint density at radius 1 is 1.03 bits per heavy atom. The third-order valence-corrected chi connectivity index (χ3v) is 4.64. The zero-order chi connectivity index (χ0) is 22.5. The second-order valence-electron chi connectivity index (χ2n) is 6.76. The number of nitrogens with zero attached hydrogens (tertiary/aromatic N) is 2. The van der Waals surface area contributed by atoms with Crippen LogP contribution in [-0.2, 0) is 9.53 Å². The largest absolute Gasteiger partial charge is 0.497 e. The van der Waals surface area contributed by atoms with Crippen LogP contribution in [0.2, 0.25) is 0 Å². The number of nitrogens with one attached hydrogen (secondary N) is 1. The molecular weight excluding hydrogens is 402 g/mol. The van der Waals surface area contributed by atoms with Crippen molar-refractivity contribution in [1.82, 2.24) is 4.57 Å². The number of rotatable bonds is 7. The molecule has 1 heterocycles. The van der Waals surface area contributed by atoms with Gasteiger partial charge in [-0.05, 0) is 56.3 Å². The molecule has 160 valence electrons. The quantitative estimate of drug-likeness (QED) is 0.351. The molecule has 9 nitrogen and oxygen atoms in total. The summed E-state index contributed by atoms with van der Waals surface area (Å²) in [5.74, 6) is -1.05. The zero-order valence-electron chi connectivity index (χ0n) is 17.2. The molecule has 1 N–H and O–H groups in total. The average Bonchev–Trinajstić information content (AvgIpc) is 3.09. The van der Waals surface area contributed by atoms with Crippen LogP contribution in [0.5, 0.6) is 5.75 Å². The second kappa shape index (κ2) is 9.12. The summed E-state index contributed by atoms with van der Waals surface area (Å²) in [6.07, 6.45) is 0. The fraction of sp³-hybridized carbons (Fsp3) is 0.182. The van der Waals surface area contributed by atoms with Crippen molar-refractivity contribution in [3.05, 3.63) is 81.7 Å². The molecule has 0 unspecified atom stereocenters. The van der Waals surface area contributed by atoms with Gasteiger partial charge in [-0.25, -0.2) is 4.79 Å². The summed E-state index contributed by atoms with van der Waals surface area (Å²) < 4.78 is 12.1. The molecule has 0 saturated heterocycles. The van der Waals surface area contributed by atoms with Crippen molar-refractivity contribution in [3.8, 4) is 11.4 Å². The number of hydrogen-bond donors (Lipinski definition) is 1. The second-order valence-corrected chi connectivity index (χ2v) is 6.76. The van der Waals surface area contributed by atoms with Gasteiger partial charge in [-0.3, -0.25) is 14.9 Å². The highest BCUT2D eigenvalue weighted by molar-refractivity contribution is 5.97. The van der Waals surface area contributed by atoms with E-state index in [2.05, 4.69) is 5.32 Å². The highest BCUT2D eigenvalue weighted by Crippen LogP contribution is 2.28. The van der Waals surface area contributed by atoms with E-state index in [9.17, 15) is 19.7 Å². The monoisotopic (exact) mass is 423 g/mol. The van der Waals surface area contributed by atoms with E-state index in [-0.39, 0.29) is 16.9 Å². The van der Waals surface area contributed by atoms with Crippen LogP contribution in [0.25, 0.3) is 5.69 Å². The van der Waals surface area contributed by atoms with Crippen molar-refractivity contribution in [1.29, 1.82) is 0 Å². The number of carbonyl (C=O) groups is 2. The lowest BCUT2D eigenvalue weighted by atomic mass is 10.2. The van der Waals surface area contributed by atoms with Gasteiger partial charge in [0.25, 0.3) is 11.6 Å². The molecule has 0 atom stereocenters. The number of nitro benzene ring substituents is 1. The number of esters is 1. The Morgan fingerprint density at radius 2 is 1.68 bits per heavy atom. The lowest BCUT2D eigenvalue weighted by molar-refractivity contribution is -0.383. The lowest BCUT2D eigenvalue weighted by Gasteiger charge is -2.11. The first kappa shape index (κ1) is 21.6. The van der Waals surface area contributed by atoms with E-state index in [1.54, 1.807) is 24.3 Å². The Kier molecular flexibility index (Phi) is 6.35. The van der Waals surface area contributed by atoms with Gasteiger partial charge in [0.1, 0.15) is 11.4 Å². The van der Waals surface area contributed by atoms with Crippen molar-refractivity contribution >= 4 is 23.3 Å². The third-order valence-electron chi connectivity index (χ3n) is 4.64. The molecule has 1 aromatic heterocycles. The van der Waals surface area contributed by atoms with Gasteiger partial charge in [0.15, 0.2) is 6.61 Å². The normalized spacial score (nSPS) is 10.4. The van der Waals surface area contributed by atoms with Crippen molar-refractivity contribution in [2.75, 3.05) is 19.0 Å². The van der Waals surface area contributed by atoms with Crippen molar-refractivity contribution in [2.24, 2.45) is 0 Å². The van der Waals surface area contributed by atoms with Crippen LogP contribution in [0.1, 0.15) is 21.7 Å². The Bertz CT molecular complexity index is 1120. The summed E-state index contributed by atoms with van der Waals surface area (Å²) >= 11 is 0. The molecule has 9 heteroatoms. The molecule has 3 rings (SSSR count). The molecule has 31 heavy (non-hydrogen) atoms. The molecule has 0 aliphatic heterocycles. The number of methoxy groups -OCH3 is 1. The molecule has 0 radical (unpaired) electrons.